The normalized spacial score (nSPS) is 16.5. The molecule has 3 aromatic rings. The summed E-state index contributed by atoms with van der Waals surface area (Å²) >= 11 is 0. The highest BCUT2D eigenvalue weighted by atomic mass is 32.2. The Bertz CT molecular complexity index is 1420. The summed E-state index contributed by atoms with van der Waals surface area (Å²) in [5.74, 6) is -0.215. The maximum absolute atomic E-state index is 13.7. The molecule has 8 nitrogen and oxygen atoms in total. The van der Waals surface area contributed by atoms with Crippen LogP contribution in [0.25, 0.3) is 11.1 Å². The number of rotatable bonds is 4. The van der Waals surface area contributed by atoms with Crippen LogP contribution < -0.4 is 5.32 Å². The molecular weight excluding hydrogens is 452 g/mol. The van der Waals surface area contributed by atoms with Crippen molar-refractivity contribution in [1.29, 1.82) is 0 Å². The molecule has 0 spiro atoms. The summed E-state index contributed by atoms with van der Waals surface area (Å²) in [7, 11) is -3.77. The van der Waals surface area contributed by atoms with E-state index in [1.165, 1.54) is 14.6 Å². The minimum absolute atomic E-state index is 0.0765. The Morgan fingerprint density at radius 3 is 2.56 bits per heavy atom. The van der Waals surface area contributed by atoms with Crippen molar-refractivity contribution in [3.63, 3.8) is 0 Å². The summed E-state index contributed by atoms with van der Waals surface area (Å²) < 4.78 is 30.2. The minimum atomic E-state index is -3.77. The predicted octanol–water partition coefficient (Wildman–Crippen LogP) is 3.54. The molecule has 0 atom stereocenters. The van der Waals surface area contributed by atoms with Gasteiger partial charge in [0.05, 0.1) is 10.6 Å². The van der Waals surface area contributed by atoms with Gasteiger partial charge in [-0.25, -0.2) is 8.42 Å². The van der Waals surface area contributed by atoms with Crippen LogP contribution in [-0.4, -0.2) is 40.9 Å². The van der Waals surface area contributed by atoms with Crippen molar-refractivity contribution in [3.8, 4) is 11.1 Å². The molecule has 0 radical (unpaired) electrons. The lowest BCUT2D eigenvalue weighted by Crippen LogP contribution is -2.36. The van der Waals surface area contributed by atoms with E-state index in [1.54, 1.807) is 19.1 Å². The minimum Gasteiger partial charge on any atom is -0.310 e. The lowest BCUT2D eigenvalue weighted by Gasteiger charge is -2.28. The number of nitrogens with one attached hydrogen (secondary N) is 1. The number of sulfonamides is 1. The molecule has 5 rings (SSSR count). The van der Waals surface area contributed by atoms with Crippen molar-refractivity contribution in [2.45, 2.75) is 51.0 Å². The molecule has 34 heavy (non-hydrogen) atoms. The molecule has 0 saturated carbocycles. The fraction of sp³-hybridized carbons (Fsp3) is 0.320. The highest BCUT2D eigenvalue weighted by molar-refractivity contribution is 7.89. The molecule has 2 aromatic carbocycles. The molecule has 3 heterocycles. The monoisotopic (exact) mass is 478 g/mol. The van der Waals surface area contributed by atoms with Crippen molar-refractivity contribution in [2.75, 3.05) is 11.9 Å². The molecule has 1 amide bonds. The summed E-state index contributed by atoms with van der Waals surface area (Å²) in [5.41, 5.74) is 4.66. The van der Waals surface area contributed by atoms with E-state index in [1.807, 2.05) is 37.3 Å². The van der Waals surface area contributed by atoms with Crippen molar-refractivity contribution in [1.82, 2.24) is 14.1 Å². The third-order valence-electron chi connectivity index (χ3n) is 6.54. The summed E-state index contributed by atoms with van der Waals surface area (Å²) in [6.45, 7) is 4.43. The molecule has 9 heteroatoms. The average molecular weight is 479 g/mol. The van der Waals surface area contributed by atoms with Crippen LogP contribution in [0, 0.1) is 6.92 Å². The Morgan fingerprint density at radius 1 is 1.03 bits per heavy atom. The molecule has 0 fully saturated rings. The van der Waals surface area contributed by atoms with E-state index in [4.69, 9.17) is 0 Å². The first-order valence-corrected chi connectivity index (χ1v) is 12.9. The largest absolute Gasteiger partial charge is 0.310 e. The van der Waals surface area contributed by atoms with Gasteiger partial charge in [-0.15, -0.1) is 0 Å². The molecule has 176 valence electrons. The van der Waals surface area contributed by atoms with E-state index >= 15 is 0 Å². The van der Waals surface area contributed by atoms with Gasteiger partial charge in [-0.1, -0.05) is 43.3 Å². The zero-order chi connectivity index (χ0) is 24.0. The lowest BCUT2D eigenvalue weighted by molar-refractivity contribution is -0.116. The first-order valence-electron chi connectivity index (χ1n) is 11.4. The molecule has 0 bridgehead atoms. The quantitative estimate of drug-likeness (QED) is 0.618. The Balaban J connectivity index is 1.60. The van der Waals surface area contributed by atoms with Gasteiger partial charge in [-0.05, 0) is 48.1 Å². The second kappa shape index (κ2) is 8.48. The first kappa shape index (κ1) is 22.5. The number of anilines is 1. The standard InChI is InChI=1S/C25H26N4O4S/c1-3-20-24(25-26-22(30)10-11-23(31)29(25)27-20)18-9-8-16(2)21(14-18)34(32,33)28-13-12-17-6-4-5-7-19(17)15-28/h4-9,14H,3,10-13,15H2,1-2H3,(H,26,30). The van der Waals surface area contributed by atoms with Crippen LogP contribution in [0.1, 0.15) is 46.9 Å². The highest BCUT2D eigenvalue weighted by Gasteiger charge is 2.31. The third-order valence-corrected chi connectivity index (χ3v) is 8.53. The zero-order valence-corrected chi connectivity index (χ0v) is 20.0. The summed E-state index contributed by atoms with van der Waals surface area (Å²) in [6.07, 6.45) is 1.36. The van der Waals surface area contributed by atoms with Crippen molar-refractivity contribution in [3.05, 3.63) is 64.8 Å². The van der Waals surface area contributed by atoms with Crippen LogP contribution in [0.4, 0.5) is 5.82 Å². The zero-order valence-electron chi connectivity index (χ0n) is 19.2. The number of benzene rings is 2. The highest BCUT2D eigenvalue weighted by Crippen LogP contribution is 2.36. The van der Waals surface area contributed by atoms with E-state index in [-0.39, 0.29) is 29.6 Å². The van der Waals surface area contributed by atoms with Gasteiger partial charge in [0.15, 0.2) is 0 Å². The Labute approximate surface area is 198 Å². The van der Waals surface area contributed by atoms with E-state index in [0.717, 1.165) is 5.56 Å². The van der Waals surface area contributed by atoms with Crippen LogP contribution in [0.15, 0.2) is 47.4 Å². The fourth-order valence-electron chi connectivity index (χ4n) is 4.68. The van der Waals surface area contributed by atoms with Crippen LogP contribution in [0.5, 0.6) is 0 Å². The maximum Gasteiger partial charge on any atom is 0.249 e. The first-order chi connectivity index (χ1) is 16.3. The van der Waals surface area contributed by atoms with E-state index in [0.29, 0.717) is 54.1 Å². The van der Waals surface area contributed by atoms with E-state index in [9.17, 15) is 18.0 Å². The number of carbonyl (C=O) groups is 2. The molecule has 1 N–H and O–H groups in total. The van der Waals surface area contributed by atoms with Gasteiger partial charge in [0, 0.05) is 31.5 Å². The van der Waals surface area contributed by atoms with Crippen LogP contribution in [-0.2, 0) is 34.2 Å². The second-order valence-corrected chi connectivity index (χ2v) is 10.6. The molecule has 2 aliphatic heterocycles. The van der Waals surface area contributed by atoms with Gasteiger partial charge >= 0.3 is 0 Å². The number of carbonyl (C=O) groups excluding carboxylic acids is 2. The fourth-order valence-corrected chi connectivity index (χ4v) is 6.35. The lowest BCUT2D eigenvalue weighted by atomic mass is 10.0. The number of fused-ring (bicyclic) bond motifs is 2. The molecule has 0 aliphatic carbocycles. The van der Waals surface area contributed by atoms with Crippen molar-refractivity contribution >= 4 is 27.7 Å². The summed E-state index contributed by atoms with van der Waals surface area (Å²) in [6, 6.07) is 13.1. The molecular formula is C25H26N4O4S. The topological polar surface area (TPSA) is 101 Å². The van der Waals surface area contributed by atoms with Gasteiger partial charge in [0.1, 0.15) is 5.82 Å². The van der Waals surface area contributed by atoms with E-state index < -0.39 is 10.0 Å². The number of hydrogen-bond donors (Lipinski definition) is 1. The summed E-state index contributed by atoms with van der Waals surface area (Å²) in [5, 5.41) is 7.25. The SMILES string of the molecule is CCc1nn2c(c1-c1ccc(C)c(S(=O)(=O)N3CCc4ccccc4C3)c1)NC(=O)CCC2=O. The molecule has 0 unspecified atom stereocenters. The average Bonchev–Trinajstić information content (AvgIpc) is 3.13. The van der Waals surface area contributed by atoms with Gasteiger partial charge < -0.3 is 5.32 Å². The van der Waals surface area contributed by atoms with Crippen molar-refractivity contribution in [2.24, 2.45) is 0 Å². The molecule has 2 aliphatic rings. The second-order valence-electron chi connectivity index (χ2n) is 8.72. The number of aromatic nitrogens is 2. The number of hydrogen-bond acceptors (Lipinski definition) is 5. The molecule has 0 saturated heterocycles. The van der Waals surface area contributed by atoms with Gasteiger partial charge in [-0.3, -0.25) is 9.59 Å². The van der Waals surface area contributed by atoms with Gasteiger partial charge in [0.2, 0.25) is 21.8 Å². The maximum atomic E-state index is 13.7. The Morgan fingerprint density at radius 2 is 1.79 bits per heavy atom. The number of aryl methyl sites for hydroxylation is 2. The Hall–Kier alpha value is -3.30. The van der Waals surface area contributed by atoms with E-state index in [2.05, 4.69) is 10.4 Å². The van der Waals surface area contributed by atoms with Gasteiger partial charge in [-0.2, -0.15) is 14.1 Å². The predicted molar refractivity (Wildman–Crippen MR) is 128 cm³/mol. The van der Waals surface area contributed by atoms with Crippen LogP contribution in [0.3, 0.4) is 0 Å². The van der Waals surface area contributed by atoms with Crippen molar-refractivity contribution < 1.29 is 18.0 Å². The smallest absolute Gasteiger partial charge is 0.249 e. The summed E-state index contributed by atoms with van der Waals surface area (Å²) in [4.78, 5) is 25.0. The number of nitrogens with zero attached hydrogens (tertiary/aromatic N) is 3. The third kappa shape index (κ3) is 3.74. The van der Waals surface area contributed by atoms with Gasteiger partial charge in [0.25, 0.3) is 0 Å². The number of amides is 1. The Kier molecular flexibility index (Phi) is 5.61. The molecule has 1 aromatic heterocycles. The van der Waals surface area contributed by atoms with Crippen LogP contribution >= 0.6 is 0 Å². The van der Waals surface area contributed by atoms with Crippen LogP contribution in [0.2, 0.25) is 0 Å².